The number of aliphatic carboxylic acids is 1. The Morgan fingerprint density at radius 1 is 1.38 bits per heavy atom. The van der Waals surface area contributed by atoms with Gasteiger partial charge < -0.3 is 41.3 Å². The van der Waals surface area contributed by atoms with Crippen LogP contribution in [0.5, 0.6) is 0 Å². The van der Waals surface area contributed by atoms with E-state index in [0.29, 0.717) is 0 Å². The monoisotopic (exact) mass is 454 g/mol. The minimum absolute atomic E-state index is 0.0401. The van der Waals surface area contributed by atoms with Crippen LogP contribution in [0.25, 0.3) is 0 Å². The van der Waals surface area contributed by atoms with Gasteiger partial charge in [-0.15, -0.1) is 0 Å². The van der Waals surface area contributed by atoms with Crippen molar-refractivity contribution < 1.29 is 53.1 Å². The number of primary amides is 1. The Morgan fingerprint density at radius 2 is 2.00 bits per heavy atom. The standard InChI is InChI=1S/C14H20N3O10PS/c15-11(20)6-2-1-3-17(4-6)12-8(19)7(18)9(26-12)10(27-28(23,24)25)14(16,5-29)13(21)22/h1-4,7-10,12,18-19H,5,16H2,(H5-,15,20,21,22,23,24,25,29)/p+1/t7-,8+,9+,10?,12+,14+/m0/s1. The molecule has 6 atom stereocenters. The minimum Gasteiger partial charge on any atom is -0.480 e. The van der Waals surface area contributed by atoms with E-state index >= 15 is 0 Å². The maximum atomic E-state index is 11.6. The summed E-state index contributed by atoms with van der Waals surface area (Å²) in [6.07, 6.45) is -6.25. The Bertz CT molecular complexity index is 838. The van der Waals surface area contributed by atoms with Crippen molar-refractivity contribution in [3.8, 4) is 0 Å². The van der Waals surface area contributed by atoms with Crippen molar-refractivity contribution in [3.05, 3.63) is 30.1 Å². The first-order valence-corrected chi connectivity index (χ1v) is 10.2. The number of carboxylic acid groups (broad SMARTS) is 1. The summed E-state index contributed by atoms with van der Waals surface area (Å²) in [6.45, 7) is 0. The number of aromatic nitrogens is 1. The van der Waals surface area contributed by atoms with E-state index in [9.17, 15) is 39.3 Å². The molecule has 0 saturated carbocycles. The third-order valence-corrected chi connectivity index (χ3v) is 5.42. The predicted octanol–water partition coefficient (Wildman–Crippen LogP) is -3.12. The van der Waals surface area contributed by atoms with E-state index in [0.717, 1.165) is 0 Å². The second-order valence-electron chi connectivity index (χ2n) is 6.40. The second kappa shape index (κ2) is 8.63. The van der Waals surface area contributed by atoms with Gasteiger partial charge in [0, 0.05) is 11.8 Å². The quantitative estimate of drug-likeness (QED) is 0.111. The summed E-state index contributed by atoms with van der Waals surface area (Å²) in [5.41, 5.74) is 8.48. The van der Waals surface area contributed by atoms with Crippen molar-refractivity contribution in [2.75, 3.05) is 5.75 Å². The number of hydrogen-bond acceptors (Lipinski definition) is 9. The van der Waals surface area contributed by atoms with Gasteiger partial charge in [-0.1, -0.05) is 0 Å². The second-order valence-corrected chi connectivity index (χ2v) is 7.90. The number of aliphatic hydroxyl groups is 2. The third kappa shape index (κ3) is 4.94. The molecule has 1 saturated heterocycles. The average molecular weight is 454 g/mol. The number of phosphoric ester groups is 1. The molecule has 1 aliphatic rings. The predicted molar refractivity (Wildman–Crippen MR) is 96.4 cm³/mol. The smallest absolute Gasteiger partial charge is 0.470 e. The summed E-state index contributed by atoms with van der Waals surface area (Å²) >= 11 is 3.81. The lowest BCUT2D eigenvalue weighted by molar-refractivity contribution is -0.766. The van der Waals surface area contributed by atoms with Gasteiger partial charge in [0.15, 0.2) is 24.0 Å². The lowest BCUT2D eigenvalue weighted by atomic mass is 9.89. The fraction of sp³-hybridized carbons (Fsp3) is 0.500. The van der Waals surface area contributed by atoms with Crippen LogP contribution >= 0.6 is 20.5 Å². The van der Waals surface area contributed by atoms with E-state index in [1.54, 1.807) is 0 Å². The summed E-state index contributed by atoms with van der Waals surface area (Å²) in [5.74, 6) is -3.17. The number of rotatable bonds is 8. The number of ether oxygens (including phenoxy) is 1. The summed E-state index contributed by atoms with van der Waals surface area (Å²) in [7, 11) is -5.30. The van der Waals surface area contributed by atoms with E-state index in [4.69, 9.17) is 16.2 Å². The number of thiol groups is 1. The molecular formula is C14H21N3O10PS+. The number of aliphatic hydroxyl groups excluding tert-OH is 2. The maximum absolute atomic E-state index is 11.6. The highest BCUT2D eigenvalue weighted by Gasteiger charge is 2.59. The highest BCUT2D eigenvalue weighted by molar-refractivity contribution is 7.80. The average Bonchev–Trinajstić information content (AvgIpc) is 2.93. The van der Waals surface area contributed by atoms with Crippen LogP contribution in [0.15, 0.2) is 24.5 Å². The Kier molecular flexibility index (Phi) is 7.05. The fourth-order valence-electron chi connectivity index (χ4n) is 2.85. The molecule has 1 aromatic rings. The van der Waals surface area contributed by atoms with Gasteiger partial charge in [0.1, 0.15) is 23.9 Å². The van der Waals surface area contributed by atoms with Crippen molar-refractivity contribution in [2.24, 2.45) is 11.5 Å². The molecule has 1 amide bonds. The zero-order chi connectivity index (χ0) is 22.1. The third-order valence-electron chi connectivity index (χ3n) is 4.39. The van der Waals surface area contributed by atoms with Crippen LogP contribution in [0, 0.1) is 0 Å². The van der Waals surface area contributed by atoms with Gasteiger partial charge in [0.2, 0.25) is 0 Å². The number of nitrogens with two attached hydrogens (primary N) is 2. The lowest BCUT2D eigenvalue weighted by Crippen LogP contribution is -2.65. The van der Waals surface area contributed by atoms with Crippen molar-refractivity contribution >= 4 is 32.3 Å². The molecule has 1 fully saturated rings. The molecule has 162 valence electrons. The lowest BCUT2D eigenvalue weighted by Gasteiger charge is -2.36. The van der Waals surface area contributed by atoms with Crippen LogP contribution in [0.3, 0.4) is 0 Å². The van der Waals surface area contributed by atoms with Gasteiger partial charge in [-0.05, 0) is 6.07 Å². The Morgan fingerprint density at radius 3 is 2.48 bits per heavy atom. The van der Waals surface area contributed by atoms with Gasteiger partial charge in [-0.25, -0.2) is 4.57 Å². The first kappa shape index (κ1) is 23.7. The first-order chi connectivity index (χ1) is 13.3. The van der Waals surface area contributed by atoms with Gasteiger partial charge >= 0.3 is 13.8 Å². The van der Waals surface area contributed by atoms with Gasteiger partial charge in [0.05, 0.1) is 0 Å². The summed E-state index contributed by atoms with van der Waals surface area (Å²) in [6, 6.07) is 2.78. The van der Waals surface area contributed by atoms with Crippen LogP contribution in [0.1, 0.15) is 16.6 Å². The molecule has 0 radical (unpaired) electrons. The van der Waals surface area contributed by atoms with Crippen LogP contribution in [-0.2, 0) is 18.6 Å². The summed E-state index contributed by atoms with van der Waals surface area (Å²) in [4.78, 5) is 41.3. The number of amides is 1. The van der Waals surface area contributed by atoms with E-state index in [-0.39, 0.29) is 5.56 Å². The highest BCUT2D eigenvalue weighted by Crippen LogP contribution is 2.43. The van der Waals surface area contributed by atoms with Crippen molar-refractivity contribution in [1.29, 1.82) is 0 Å². The normalized spacial score (nSPS) is 27.9. The van der Waals surface area contributed by atoms with E-state index in [1.807, 2.05) is 0 Å². The Labute approximate surface area is 169 Å². The zero-order valence-corrected chi connectivity index (χ0v) is 16.5. The van der Waals surface area contributed by atoms with Gasteiger partial charge in [0.25, 0.3) is 12.1 Å². The summed E-state index contributed by atoms with van der Waals surface area (Å²) in [5, 5.41) is 30.2. The number of carboxylic acids is 1. The van der Waals surface area contributed by atoms with Crippen LogP contribution in [0.4, 0.5) is 0 Å². The van der Waals surface area contributed by atoms with Gasteiger partial charge in [-0.2, -0.15) is 17.2 Å². The van der Waals surface area contributed by atoms with Crippen molar-refractivity contribution in [3.63, 3.8) is 0 Å². The Hall–Kier alpha value is -1.61. The number of hydrogen-bond donors (Lipinski definition) is 8. The molecular weight excluding hydrogens is 433 g/mol. The molecule has 0 aromatic carbocycles. The van der Waals surface area contributed by atoms with Crippen LogP contribution in [0.2, 0.25) is 0 Å². The fourth-order valence-corrected chi connectivity index (χ4v) is 3.77. The van der Waals surface area contributed by atoms with Crippen molar-refractivity contribution in [1.82, 2.24) is 0 Å². The number of pyridine rings is 1. The topological polar surface area (TPSA) is 227 Å². The van der Waals surface area contributed by atoms with Crippen LogP contribution < -0.4 is 16.0 Å². The molecule has 0 aliphatic carbocycles. The van der Waals surface area contributed by atoms with Crippen LogP contribution in [-0.4, -0.2) is 72.7 Å². The highest BCUT2D eigenvalue weighted by atomic mass is 32.1. The molecule has 9 N–H and O–H groups in total. The SMILES string of the molecule is NC(=O)c1ccc[n+]([C@@H]2O[C@@H](C(OP(=O)(O)O)[C@](N)(CS)C(=O)O)[C@@H](O)[C@H]2O)c1. The molecule has 13 nitrogen and oxygen atoms in total. The maximum Gasteiger partial charge on any atom is 0.470 e. The molecule has 1 aliphatic heterocycles. The van der Waals surface area contributed by atoms with E-state index in [1.165, 1.54) is 29.1 Å². The molecule has 29 heavy (non-hydrogen) atoms. The molecule has 2 heterocycles. The largest absolute Gasteiger partial charge is 0.480 e. The van der Waals surface area contributed by atoms with E-state index in [2.05, 4.69) is 17.2 Å². The summed E-state index contributed by atoms with van der Waals surface area (Å²) < 4.78 is 22.6. The van der Waals surface area contributed by atoms with Gasteiger partial charge in [-0.3, -0.25) is 14.1 Å². The molecule has 1 unspecified atom stereocenters. The molecule has 2 rings (SSSR count). The Balaban J connectivity index is 2.45. The molecule has 15 heteroatoms. The number of carbonyl (C=O) groups is 2. The molecule has 0 bridgehead atoms. The van der Waals surface area contributed by atoms with Crippen molar-refractivity contribution in [2.45, 2.75) is 36.2 Å². The number of nitrogens with zero attached hydrogens (tertiary/aromatic N) is 1. The minimum atomic E-state index is -5.30. The number of carbonyl (C=O) groups excluding carboxylic acids is 1. The molecule has 1 aromatic heterocycles. The zero-order valence-electron chi connectivity index (χ0n) is 14.7. The molecule has 0 spiro atoms. The first-order valence-electron chi connectivity index (χ1n) is 8.01. The number of phosphoric acid groups is 1. The van der Waals surface area contributed by atoms with E-state index < -0.39 is 61.6 Å².